The Labute approximate surface area is 131 Å². The third-order valence-corrected chi connectivity index (χ3v) is 5.09. The Bertz CT molecular complexity index is 613. The molecule has 1 aromatic carbocycles. The fraction of sp³-hybridized carbons (Fsp3) is 0.471. The highest BCUT2D eigenvalue weighted by atomic mass is 32.1. The zero-order valence-corrected chi connectivity index (χ0v) is 14.5. The molecule has 0 aliphatic rings. The molecule has 0 aliphatic heterocycles. The van der Waals surface area contributed by atoms with Crippen LogP contribution in [-0.2, 0) is 5.41 Å². The summed E-state index contributed by atoms with van der Waals surface area (Å²) in [4.78, 5) is 6.03. The van der Waals surface area contributed by atoms with E-state index in [2.05, 4.69) is 46.0 Å². The van der Waals surface area contributed by atoms with Crippen LogP contribution in [0, 0.1) is 6.92 Å². The van der Waals surface area contributed by atoms with Crippen molar-refractivity contribution in [3.63, 3.8) is 0 Å². The van der Waals surface area contributed by atoms with Crippen molar-refractivity contribution in [2.24, 2.45) is 0 Å². The van der Waals surface area contributed by atoms with Crippen LogP contribution in [0.4, 0.5) is 5.69 Å². The van der Waals surface area contributed by atoms with Gasteiger partial charge < -0.3 is 10.1 Å². The first kappa shape index (κ1) is 15.8. The molecule has 114 valence electrons. The van der Waals surface area contributed by atoms with Gasteiger partial charge in [0.2, 0.25) is 0 Å². The summed E-state index contributed by atoms with van der Waals surface area (Å²) in [7, 11) is 1.69. The van der Waals surface area contributed by atoms with Crippen LogP contribution in [0.25, 0.3) is 0 Å². The van der Waals surface area contributed by atoms with Gasteiger partial charge in [0.1, 0.15) is 5.75 Å². The molecular weight excluding hydrogens is 280 g/mol. The van der Waals surface area contributed by atoms with Gasteiger partial charge in [0, 0.05) is 22.0 Å². The van der Waals surface area contributed by atoms with Crippen molar-refractivity contribution in [2.75, 3.05) is 12.4 Å². The minimum atomic E-state index is 0.101. The van der Waals surface area contributed by atoms with Crippen molar-refractivity contribution < 1.29 is 4.74 Å². The largest absolute Gasteiger partial charge is 0.497 e. The fourth-order valence-corrected chi connectivity index (χ4v) is 3.29. The first-order valence-electron chi connectivity index (χ1n) is 7.19. The monoisotopic (exact) mass is 304 g/mol. The average Bonchev–Trinajstić information content (AvgIpc) is 2.81. The fourth-order valence-electron chi connectivity index (χ4n) is 2.16. The van der Waals surface area contributed by atoms with Crippen LogP contribution < -0.4 is 10.1 Å². The maximum absolute atomic E-state index is 5.26. The molecule has 1 heterocycles. The standard InChI is InChI=1S/C17H24N2OS/c1-11(18-13-8-7-9-14(10-13)20-6)15-12(2)19-16(21-15)17(3,4)5/h7-11,18H,1-6H3. The van der Waals surface area contributed by atoms with Crippen LogP contribution in [0.3, 0.4) is 0 Å². The molecule has 3 nitrogen and oxygen atoms in total. The Hall–Kier alpha value is -1.55. The second kappa shape index (κ2) is 6.06. The van der Waals surface area contributed by atoms with Gasteiger partial charge in [-0.3, -0.25) is 0 Å². The van der Waals surface area contributed by atoms with E-state index >= 15 is 0 Å². The molecule has 0 saturated heterocycles. The number of aromatic nitrogens is 1. The number of anilines is 1. The maximum Gasteiger partial charge on any atom is 0.120 e. The molecule has 0 spiro atoms. The number of ether oxygens (including phenoxy) is 1. The van der Waals surface area contributed by atoms with Crippen molar-refractivity contribution in [3.05, 3.63) is 39.8 Å². The summed E-state index contributed by atoms with van der Waals surface area (Å²) < 4.78 is 5.26. The van der Waals surface area contributed by atoms with E-state index in [4.69, 9.17) is 9.72 Å². The normalized spacial score (nSPS) is 13.0. The number of benzene rings is 1. The Kier molecular flexibility index (Phi) is 4.57. The van der Waals surface area contributed by atoms with E-state index in [-0.39, 0.29) is 11.5 Å². The molecule has 21 heavy (non-hydrogen) atoms. The summed E-state index contributed by atoms with van der Waals surface area (Å²) in [5.41, 5.74) is 2.28. The summed E-state index contributed by atoms with van der Waals surface area (Å²) in [5.74, 6) is 0.864. The smallest absolute Gasteiger partial charge is 0.120 e. The molecule has 0 fully saturated rings. The van der Waals surface area contributed by atoms with E-state index in [9.17, 15) is 0 Å². The third kappa shape index (κ3) is 3.76. The van der Waals surface area contributed by atoms with Crippen LogP contribution in [0.2, 0.25) is 0 Å². The van der Waals surface area contributed by atoms with Crippen molar-refractivity contribution >= 4 is 17.0 Å². The van der Waals surface area contributed by atoms with Gasteiger partial charge in [0.05, 0.1) is 23.9 Å². The van der Waals surface area contributed by atoms with Gasteiger partial charge in [-0.05, 0) is 26.0 Å². The Morgan fingerprint density at radius 1 is 1.29 bits per heavy atom. The van der Waals surface area contributed by atoms with Crippen LogP contribution in [0.1, 0.15) is 49.3 Å². The highest BCUT2D eigenvalue weighted by molar-refractivity contribution is 7.12. The SMILES string of the molecule is COc1cccc(NC(C)c2sc(C(C)(C)C)nc2C)c1. The highest BCUT2D eigenvalue weighted by Gasteiger charge is 2.22. The third-order valence-electron chi connectivity index (χ3n) is 3.32. The van der Waals surface area contributed by atoms with Crippen LogP contribution in [0.5, 0.6) is 5.75 Å². The molecule has 0 aliphatic carbocycles. The number of aryl methyl sites for hydroxylation is 1. The number of nitrogens with one attached hydrogen (secondary N) is 1. The lowest BCUT2D eigenvalue weighted by Crippen LogP contribution is -2.10. The molecule has 4 heteroatoms. The molecule has 2 rings (SSSR count). The topological polar surface area (TPSA) is 34.1 Å². The van der Waals surface area contributed by atoms with Gasteiger partial charge >= 0.3 is 0 Å². The van der Waals surface area contributed by atoms with Crippen molar-refractivity contribution in [2.45, 2.75) is 46.1 Å². The van der Waals surface area contributed by atoms with E-state index in [0.717, 1.165) is 17.1 Å². The first-order chi connectivity index (χ1) is 9.81. The lowest BCUT2D eigenvalue weighted by Gasteiger charge is -2.16. The van der Waals surface area contributed by atoms with Gasteiger partial charge in [-0.15, -0.1) is 11.3 Å². The minimum absolute atomic E-state index is 0.101. The van der Waals surface area contributed by atoms with Crippen LogP contribution in [0.15, 0.2) is 24.3 Å². The van der Waals surface area contributed by atoms with Gasteiger partial charge in [0.15, 0.2) is 0 Å². The van der Waals surface area contributed by atoms with Crippen LogP contribution >= 0.6 is 11.3 Å². The molecule has 0 bridgehead atoms. The zero-order valence-electron chi connectivity index (χ0n) is 13.7. The highest BCUT2D eigenvalue weighted by Crippen LogP contribution is 2.34. The predicted molar refractivity (Wildman–Crippen MR) is 90.6 cm³/mol. The lowest BCUT2D eigenvalue weighted by atomic mass is 9.98. The quantitative estimate of drug-likeness (QED) is 0.869. The van der Waals surface area contributed by atoms with E-state index in [1.54, 1.807) is 18.4 Å². The molecule has 1 atom stereocenters. The van der Waals surface area contributed by atoms with E-state index < -0.39 is 0 Å². The second-order valence-electron chi connectivity index (χ2n) is 6.32. The molecule has 1 N–H and O–H groups in total. The lowest BCUT2D eigenvalue weighted by molar-refractivity contribution is 0.415. The number of methoxy groups -OCH3 is 1. The summed E-state index contributed by atoms with van der Waals surface area (Å²) >= 11 is 1.80. The number of thiazole rings is 1. The Morgan fingerprint density at radius 3 is 2.57 bits per heavy atom. The number of rotatable bonds is 4. The Morgan fingerprint density at radius 2 is 2.00 bits per heavy atom. The molecular formula is C17H24N2OS. The summed E-state index contributed by atoms with van der Waals surface area (Å²) in [6, 6.07) is 8.24. The van der Waals surface area contributed by atoms with Crippen molar-refractivity contribution in [3.8, 4) is 5.75 Å². The van der Waals surface area contributed by atoms with Crippen LogP contribution in [-0.4, -0.2) is 12.1 Å². The molecule has 0 saturated carbocycles. The first-order valence-corrected chi connectivity index (χ1v) is 8.01. The summed E-state index contributed by atoms with van der Waals surface area (Å²) in [6.07, 6.45) is 0. The van der Waals surface area contributed by atoms with Crippen molar-refractivity contribution in [1.29, 1.82) is 0 Å². The average molecular weight is 304 g/mol. The van der Waals surface area contributed by atoms with E-state index in [1.807, 2.05) is 18.2 Å². The molecule has 2 aromatic rings. The van der Waals surface area contributed by atoms with Gasteiger partial charge in [-0.2, -0.15) is 0 Å². The van der Waals surface area contributed by atoms with Gasteiger partial charge in [0.25, 0.3) is 0 Å². The van der Waals surface area contributed by atoms with Gasteiger partial charge in [-0.1, -0.05) is 26.8 Å². The van der Waals surface area contributed by atoms with E-state index in [1.165, 1.54) is 9.88 Å². The molecule has 1 unspecified atom stereocenters. The summed E-state index contributed by atoms with van der Waals surface area (Å²) in [5, 5.41) is 4.72. The zero-order chi connectivity index (χ0) is 15.6. The molecule has 0 radical (unpaired) electrons. The Balaban J connectivity index is 2.20. The number of hydrogen-bond acceptors (Lipinski definition) is 4. The number of hydrogen-bond donors (Lipinski definition) is 1. The maximum atomic E-state index is 5.26. The second-order valence-corrected chi connectivity index (χ2v) is 7.35. The summed E-state index contributed by atoms with van der Waals surface area (Å²) in [6.45, 7) is 10.9. The van der Waals surface area contributed by atoms with Gasteiger partial charge in [-0.25, -0.2) is 4.98 Å². The van der Waals surface area contributed by atoms with E-state index in [0.29, 0.717) is 0 Å². The van der Waals surface area contributed by atoms with Crippen molar-refractivity contribution in [1.82, 2.24) is 4.98 Å². The molecule has 0 amide bonds. The minimum Gasteiger partial charge on any atom is -0.497 e. The molecule has 1 aromatic heterocycles. The predicted octanol–water partition coefficient (Wildman–Crippen LogP) is 4.93. The number of nitrogens with zero attached hydrogens (tertiary/aromatic N) is 1.